The highest BCUT2D eigenvalue weighted by Gasteiger charge is 2.39. The molecule has 44 heavy (non-hydrogen) atoms. The van der Waals surface area contributed by atoms with Gasteiger partial charge in [0.2, 0.25) is 12.3 Å². The molecule has 3 saturated heterocycles. The van der Waals surface area contributed by atoms with Crippen molar-refractivity contribution >= 4 is 28.1 Å². The summed E-state index contributed by atoms with van der Waals surface area (Å²) in [5, 5.41) is 12.2. The molecule has 9 nitrogen and oxygen atoms in total. The minimum Gasteiger partial charge on any atom is -0.365 e. The number of nitrogens with zero attached hydrogens (tertiary/aromatic N) is 7. The first kappa shape index (κ1) is 30.4. The summed E-state index contributed by atoms with van der Waals surface area (Å²) in [7, 11) is 4.28. The van der Waals surface area contributed by atoms with Crippen molar-refractivity contribution in [3.8, 4) is 6.07 Å². The normalized spacial score (nSPS) is 24.5. The number of ether oxygens (including phenoxy) is 1. The molecule has 234 valence electrons. The van der Waals surface area contributed by atoms with E-state index in [0.717, 1.165) is 57.0 Å². The maximum atomic E-state index is 13.0. The van der Waals surface area contributed by atoms with Crippen LogP contribution in [0.4, 0.5) is 5.69 Å². The van der Waals surface area contributed by atoms with E-state index in [4.69, 9.17) is 9.73 Å². The number of benzene rings is 2. The number of piperazine rings is 1. The Balaban J connectivity index is 1.32. The number of likely N-dealkylation sites (tertiary alicyclic amines) is 1. The number of aliphatic imine (C=N–C) groups is 1. The van der Waals surface area contributed by atoms with Crippen molar-refractivity contribution in [2.45, 2.75) is 70.8 Å². The Labute approximate surface area is 262 Å². The van der Waals surface area contributed by atoms with Crippen LogP contribution in [0, 0.1) is 18.3 Å². The second-order valence-corrected chi connectivity index (χ2v) is 12.8. The number of likely N-dealkylation sites (N-methyl/N-ethyl adjacent to an activating group) is 1. The molecule has 0 bridgehead atoms. The Hall–Kier alpha value is -3.61. The van der Waals surface area contributed by atoms with Gasteiger partial charge in [-0.15, -0.1) is 0 Å². The standard InChI is InChI=1S/C35H47N7O2/c1-5-9-32(43)42-21-20-41(22-27(42)15-17-36)34-29-16-19-40(31-14-7-12-26-11-6-10-25(2)33(26)31)23-30(29)37-35(39(34)4)44-24-28-13-8-18-38(28)3/h6-7,10-12,14,27-28,35H,5,8-9,13,15-16,18-24H2,1-4H3/t27-,28-,35-/m0/s1. The van der Waals surface area contributed by atoms with Crippen LogP contribution in [0.3, 0.4) is 0 Å². The highest BCUT2D eigenvalue weighted by atomic mass is 16.5. The van der Waals surface area contributed by atoms with Gasteiger partial charge in [0.15, 0.2) is 0 Å². The van der Waals surface area contributed by atoms with Gasteiger partial charge in [0.05, 0.1) is 37.4 Å². The summed E-state index contributed by atoms with van der Waals surface area (Å²) in [4.78, 5) is 29.7. The van der Waals surface area contributed by atoms with Gasteiger partial charge in [-0.05, 0) is 63.2 Å². The zero-order valence-corrected chi connectivity index (χ0v) is 26.8. The molecule has 4 aliphatic rings. The molecule has 0 aliphatic carbocycles. The quantitative estimate of drug-likeness (QED) is 0.441. The number of fused-ring (bicyclic) bond motifs is 2. The highest BCUT2D eigenvalue weighted by Crippen LogP contribution is 2.36. The first-order chi connectivity index (χ1) is 21.4. The number of hydrogen-bond acceptors (Lipinski definition) is 8. The van der Waals surface area contributed by atoms with E-state index >= 15 is 0 Å². The Bertz CT molecular complexity index is 1470. The number of hydrogen-bond donors (Lipinski definition) is 0. The largest absolute Gasteiger partial charge is 0.365 e. The molecule has 4 aliphatic heterocycles. The van der Waals surface area contributed by atoms with Crippen molar-refractivity contribution in [2.24, 2.45) is 4.99 Å². The van der Waals surface area contributed by atoms with E-state index in [0.29, 0.717) is 38.6 Å². The topological polar surface area (TPSA) is 78.7 Å². The van der Waals surface area contributed by atoms with Crippen LogP contribution in [0.2, 0.25) is 0 Å². The zero-order chi connectivity index (χ0) is 30.8. The maximum Gasteiger partial charge on any atom is 0.229 e. The fourth-order valence-electron chi connectivity index (χ4n) is 7.58. The van der Waals surface area contributed by atoms with Crippen LogP contribution in [0.1, 0.15) is 51.0 Å². The molecule has 4 heterocycles. The van der Waals surface area contributed by atoms with Gasteiger partial charge in [0, 0.05) is 62.3 Å². The lowest BCUT2D eigenvalue weighted by molar-refractivity contribution is -0.136. The van der Waals surface area contributed by atoms with Gasteiger partial charge >= 0.3 is 0 Å². The number of piperidine rings is 1. The lowest BCUT2D eigenvalue weighted by Crippen LogP contribution is -2.58. The Kier molecular flexibility index (Phi) is 9.11. The molecule has 9 heteroatoms. The number of amides is 1. The molecule has 6 rings (SSSR count). The number of rotatable bonds is 8. The minimum absolute atomic E-state index is 0.123. The van der Waals surface area contributed by atoms with Gasteiger partial charge in [-0.2, -0.15) is 5.26 Å². The number of carbonyl (C=O) groups excluding carboxylic acids is 1. The summed E-state index contributed by atoms with van der Waals surface area (Å²) in [6.45, 7) is 9.61. The summed E-state index contributed by atoms with van der Waals surface area (Å²) >= 11 is 0. The molecule has 0 N–H and O–H groups in total. The Morgan fingerprint density at radius 2 is 1.89 bits per heavy atom. The van der Waals surface area contributed by atoms with Crippen LogP contribution in [0.15, 0.2) is 52.8 Å². The zero-order valence-electron chi connectivity index (χ0n) is 26.8. The smallest absolute Gasteiger partial charge is 0.229 e. The average molecular weight is 598 g/mol. The van der Waals surface area contributed by atoms with Crippen molar-refractivity contribution in [2.75, 3.05) is 64.9 Å². The molecule has 0 spiro atoms. The van der Waals surface area contributed by atoms with Crippen molar-refractivity contribution in [1.82, 2.24) is 19.6 Å². The van der Waals surface area contributed by atoms with Crippen molar-refractivity contribution in [3.05, 3.63) is 53.4 Å². The molecule has 3 fully saturated rings. The minimum atomic E-state index is -0.416. The van der Waals surface area contributed by atoms with Gasteiger partial charge in [0.25, 0.3) is 0 Å². The molecule has 2 aromatic carbocycles. The monoisotopic (exact) mass is 597 g/mol. The van der Waals surface area contributed by atoms with Gasteiger partial charge in [-0.1, -0.05) is 37.3 Å². The van der Waals surface area contributed by atoms with Crippen molar-refractivity contribution in [1.29, 1.82) is 5.26 Å². The predicted octanol–water partition coefficient (Wildman–Crippen LogP) is 4.58. The molecular weight excluding hydrogens is 550 g/mol. The second kappa shape index (κ2) is 13.2. The lowest BCUT2D eigenvalue weighted by atomic mass is 9.96. The average Bonchev–Trinajstić information content (AvgIpc) is 3.44. The van der Waals surface area contributed by atoms with E-state index < -0.39 is 6.35 Å². The SMILES string of the molecule is CCCC(=O)N1CCN(C2=C3CCN(c4cccc5cccc(C)c45)CC3=N[C@H](OC[C@@H]3CCCN3C)N2C)C[C@@H]1CC#N. The van der Waals surface area contributed by atoms with Crippen molar-refractivity contribution < 1.29 is 9.53 Å². The first-order valence-electron chi connectivity index (χ1n) is 16.4. The van der Waals surface area contributed by atoms with Crippen LogP contribution >= 0.6 is 0 Å². The third-order valence-corrected chi connectivity index (χ3v) is 9.96. The summed E-state index contributed by atoms with van der Waals surface area (Å²) in [5.41, 5.74) is 4.89. The van der Waals surface area contributed by atoms with Gasteiger partial charge < -0.3 is 29.2 Å². The molecule has 1 amide bonds. The van der Waals surface area contributed by atoms with E-state index in [1.807, 2.05) is 11.8 Å². The summed E-state index contributed by atoms with van der Waals surface area (Å²) in [6, 6.07) is 15.7. The number of carbonyl (C=O) groups is 1. The molecule has 2 aromatic rings. The molecule has 3 atom stereocenters. The van der Waals surface area contributed by atoms with Gasteiger partial charge in [0.1, 0.15) is 5.82 Å². The molecule has 0 radical (unpaired) electrons. The van der Waals surface area contributed by atoms with Crippen LogP contribution in [-0.2, 0) is 9.53 Å². The van der Waals surface area contributed by atoms with Crippen molar-refractivity contribution in [3.63, 3.8) is 0 Å². The first-order valence-corrected chi connectivity index (χ1v) is 16.4. The van der Waals surface area contributed by atoms with Crippen LogP contribution in [0.5, 0.6) is 0 Å². The Morgan fingerprint density at radius 3 is 2.64 bits per heavy atom. The van der Waals surface area contributed by atoms with E-state index in [1.165, 1.54) is 34.0 Å². The summed E-state index contributed by atoms with van der Waals surface area (Å²) in [5.74, 6) is 1.31. The van der Waals surface area contributed by atoms with E-state index in [1.54, 1.807) is 0 Å². The van der Waals surface area contributed by atoms with Gasteiger partial charge in [-0.25, -0.2) is 4.99 Å². The summed E-state index contributed by atoms with van der Waals surface area (Å²) < 4.78 is 6.62. The third-order valence-electron chi connectivity index (χ3n) is 9.96. The fourth-order valence-corrected chi connectivity index (χ4v) is 7.58. The highest BCUT2D eigenvalue weighted by molar-refractivity contribution is 6.07. The molecule has 0 saturated carbocycles. The summed E-state index contributed by atoms with van der Waals surface area (Å²) in [6.07, 6.45) is 4.49. The van der Waals surface area contributed by atoms with Crippen LogP contribution in [0.25, 0.3) is 10.8 Å². The van der Waals surface area contributed by atoms with Crippen LogP contribution in [-0.4, -0.2) is 110 Å². The third kappa shape index (κ3) is 5.90. The number of anilines is 1. The Morgan fingerprint density at radius 1 is 1.07 bits per heavy atom. The molecule has 0 aromatic heterocycles. The van der Waals surface area contributed by atoms with E-state index in [9.17, 15) is 10.1 Å². The number of nitriles is 1. The maximum absolute atomic E-state index is 13.0. The lowest BCUT2D eigenvalue weighted by Gasteiger charge is -2.48. The molecular formula is C35H47N7O2. The fraction of sp³-hybridized carbons (Fsp3) is 0.571. The van der Waals surface area contributed by atoms with E-state index in [-0.39, 0.29) is 11.9 Å². The van der Waals surface area contributed by atoms with Gasteiger partial charge in [-0.3, -0.25) is 4.79 Å². The van der Waals surface area contributed by atoms with Crippen LogP contribution < -0.4 is 4.90 Å². The second-order valence-electron chi connectivity index (χ2n) is 12.8. The number of aryl methyl sites for hydroxylation is 1. The van der Waals surface area contributed by atoms with E-state index in [2.05, 4.69) is 83.1 Å². The molecule has 0 unspecified atom stereocenters. The predicted molar refractivity (Wildman–Crippen MR) is 175 cm³/mol.